The molecular formula is C18H24N2O3S. The minimum atomic E-state index is 0.0981. The van der Waals surface area contributed by atoms with Crippen molar-refractivity contribution < 1.29 is 14.3 Å². The number of hydrogen-bond donors (Lipinski definition) is 0. The smallest absolute Gasteiger partial charge is 0.255 e. The van der Waals surface area contributed by atoms with E-state index in [9.17, 15) is 4.79 Å². The number of likely N-dealkylation sites (tertiary alicyclic amines) is 1. The van der Waals surface area contributed by atoms with Crippen LogP contribution in [0.2, 0.25) is 0 Å². The predicted molar refractivity (Wildman–Crippen MR) is 93.2 cm³/mol. The SMILES string of the molecule is O=C(c1cccnc1)N1CC2(C[C@H](OCC3CCOCC3)CS2)C1. The van der Waals surface area contributed by atoms with E-state index >= 15 is 0 Å². The lowest BCUT2D eigenvalue weighted by Gasteiger charge is -2.47. The van der Waals surface area contributed by atoms with Crippen LogP contribution in [0.25, 0.3) is 0 Å². The molecule has 0 N–H and O–H groups in total. The van der Waals surface area contributed by atoms with Gasteiger partial charge >= 0.3 is 0 Å². The van der Waals surface area contributed by atoms with Crippen molar-refractivity contribution in [1.29, 1.82) is 0 Å². The van der Waals surface area contributed by atoms with Gasteiger partial charge in [-0.2, -0.15) is 0 Å². The molecule has 0 aliphatic carbocycles. The molecule has 0 radical (unpaired) electrons. The minimum Gasteiger partial charge on any atom is -0.381 e. The third-order valence-electron chi connectivity index (χ3n) is 5.24. The average molecular weight is 348 g/mol. The Morgan fingerprint density at radius 1 is 1.42 bits per heavy atom. The van der Waals surface area contributed by atoms with Crippen LogP contribution in [0, 0.1) is 5.92 Å². The Balaban J connectivity index is 1.23. The summed E-state index contributed by atoms with van der Waals surface area (Å²) >= 11 is 1.98. The molecule has 5 nitrogen and oxygen atoms in total. The van der Waals surface area contributed by atoms with Gasteiger partial charge in [0.2, 0.25) is 0 Å². The summed E-state index contributed by atoms with van der Waals surface area (Å²) in [6.45, 7) is 4.29. The molecule has 4 rings (SSSR count). The highest BCUT2D eigenvalue weighted by atomic mass is 32.2. The third-order valence-corrected chi connectivity index (χ3v) is 6.81. The standard InChI is InChI=1S/C18H24N2O3S/c21-17(15-2-1-5-19-9-15)20-12-18(13-20)8-16(11-24-18)23-10-14-3-6-22-7-4-14/h1-2,5,9,14,16H,3-4,6-8,10-13H2/t16-/m0/s1. The summed E-state index contributed by atoms with van der Waals surface area (Å²) in [6.07, 6.45) is 7.00. The van der Waals surface area contributed by atoms with Gasteiger partial charge in [0.25, 0.3) is 5.91 Å². The molecule has 0 bridgehead atoms. The Bertz CT molecular complexity index is 571. The molecule has 130 valence electrons. The van der Waals surface area contributed by atoms with Crippen LogP contribution in [0.5, 0.6) is 0 Å². The van der Waals surface area contributed by atoms with E-state index in [1.54, 1.807) is 12.4 Å². The van der Waals surface area contributed by atoms with Gasteiger partial charge in [0.1, 0.15) is 0 Å². The number of thioether (sulfide) groups is 1. The predicted octanol–water partition coefficient (Wildman–Crippen LogP) is 2.22. The molecule has 24 heavy (non-hydrogen) atoms. The zero-order chi connectivity index (χ0) is 16.4. The lowest BCUT2D eigenvalue weighted by molar-refractivity contribution is -0.0118. The second-order valence-electron chi connectivity index (χ2n) is 7.11. The molecule has 3 fully saturated rings. The maximum absolute atomic E-state index is 12.4. The fraction of sp³-hybridized carbons (Fsp3) is 0.667. The van der Waals surface area contributed by atoms with E-state index < -0.39 is 0 Å². The van der Waals surface area contributed by atoms with E-state index in [0.29, 0.717) is 17.6 Å². The van der Waals surface area contributed by atoms with Crippen molar-refractivity contribution >= 4 is 17.7 Å². The van der Waals surface area contributed by atoms with Crippen molar-refractivity contribution in [1.82, 2.24) is 9.88 Å². The van der Waals surface area contributed by atoms with Gasteiger partial charge in [-0.15, -0.1) is 11.8 Å². The van der Waals surface area contributed by atoms with E-state index in [1.165, 1.54) is 0 Å². The number of nitrogens with zero attached hydrogens (tertiary/aromatic N) is 2. The fourth-order valence-corrected chi connectivity index (χ4v) is 5.33. The summed E-state index contributed by atoms with van der Waals surface area (Å²) in [7, 11) is 0. The van der Waals surface area contributed by atoms with Gasteiger partial charge in [-0.05, 0) is 37.3 Å². The van der Waals surface area contributed by atoms with Gasteiger partial charge in [-0.1, -0.05) is 0 Å². The maximum Gasteiger partial charge on any atom is 0.255 e. The normalized spacial score (nSPS) is 26.5. The summed E-state index contributed by atoms with van der Waals surface area (Å²) in [5, 5.41) is 0. The van der Waals surface area contributed by atoms with Crippen LogP contribution in [0.1, 0.15) is 29.6 Å². The van der Waals surface area contributed by atoms with E-state index in [1.807, 2.05) is 28.8 Å². The number of rotatable bonds is 4. The molecular weight excluding hydrogens is 324 g/mol. The number of carbonyl (C=O) groups excluding carboxylic acids is 1. The Labute approximate surface area is 147 Å². The molecule has 1 aromatic heterocycles. The van der Waals surface area contributed by atoms with E-state index in [-0.39, 0.29) is 10.7 Å². The molecule has 0 unspecified atom stereocenters. The first-order valence-electron chi connectivity index (χ1n) is 8.77. The maximum atomic E-state index is 12.4. The number of carbonyl (C=O) groups is 1. The zero-order valence-corrected chi connectivity index (χ0v) is 14.7. The largest absolute Gasteiger partial charge is 0.381 e. The molecule has 1 amide bonds. The lowest BCUT2D eigenvalue weighted by atomic mass is 9.92. The van der Waals surface area contributed by atoms with Crippen LogP contribution in [-0.4, -0.2) is 65.3 Å². The quantitative estimate of drug-likeness (QED) is 0.835. The third kappa shape index (κ3) is 3.46. The molecule has 1 aromatic rings. The molecule has 1 atom stereocenters. The summed E-state index contributed by atoms with van der Waals surface area (Å²) in [6, 6.07) is 3.65. The highest BCUT2D eigenvalue weighted by Crippen LogP contribution is 2.46. The van der Waals surface area contributed by atoms with E-state index in [2.05, 4.69) is 4.98 Å². The Morgan fingerprint density at radius 2 is 2.25 bits per heavy atom. The molecule has 3 saturated heterocycles. The number of hydrogen-bond acceptors (Lipinski definition) is 5. The minimum absolute atomic E-state index is 0.0981. The molecule has 3 aliphatic heterocycles. The topological polar surface area (TPSA) is 51.7 Å². The van der Waals surface area contributed by atoms with Gasteiger partial charge in [-0.3, -0.25) is 9.78 Å². The van der Waals surface area contributed by atoms with E-state index in [4.69, 9.17) is 9.47 Å². The van der Waals surface area contributed by atoms with Crippen molar-refractivity contribution in [2.75, 3.05) is 38.7 Å². The number of pyridine rings is 1. The fourth-order valence-electron chi connectivity index (χ4n) is 3.78. The Kier molecular flexibility index (Phi) is 4.79. The van der Waals surface area contributed by atoms with Crippen LogP contribution in [0.3, 0.4) is 0 Å². The molecule has 6 heteroatoms. The second-order valence-corrected chi connectivity index (χ2v) is 8.60. The number of amides is 1. The zero-order valence-electron chi connectivity index (χ0n) is 13.9. The molecule has 0 aromatic carbocycles. The molecule has 0 saturated carbocycles. The summed E-state index contributed by atoms with van der Waals surface area (Å²) < 4.78 is 11.8. The summed E-state index contributed by atoms with van der Waals surface area (Å²) in [5.74, 6) is 1.81. The van der Waals surface area contributed by atoms with E-state index in [0.717, 1.165) is 57.9 Å². The van der Waals surface area contributed by atoms with Gasteiger partial charge in [0.05, 0.1) is 16.4 Å². The molecule has 4 heterocycles. The molecule has 1 spiro atoms. The van der Waals surface area contributed by atoms with Crippen LogP contribution in [0.15, 0.2) is 24.5 Å². The Morgan fingerprint density at radius 3 is 3.00 bits per heavy atom. The summed E-state index contributed by atoms with van der Waals surface area (Å²) in [4.78, 5) is 18.4. The van der Waals surface area contributed by atoms with Crippen LogP contribution in [0.4, 0.5) is 0 Å². The van der Waals surface area contributed by atoms with Crippen molar-refractivity contribution in [2.45, 2.75) is 30.1 Å². The summed E-state index contributed by atoms with van der Waals surface area (Å²) in [5.41, 5.74) is 0.683. The van der Waals surface area contributed by atoms with Gasteiger partial charge in [-0.25, -0.2) is 0 Å². The van der Waals surface area contributed by atoms with Gasteiger partial charge < -0.3 is 14.4 Å². The van der Waals surface area contributed by atoms with Crippen molar-refractivity contribution in [3.63, 3.8) is 0 Å². The second kappa shape index (κ2) is 7.02. The van der Waals surface area contributed by atoms with Crippen LogP contribution in [-0.2, 0) is 9.47 Å². The highest BCUT2D eigenvalue weighted by Gasteiger charge is 2.51. The number of ether oxygens (including phenoxy) is 2. The van der Waals surface area contributed by atoms with Crippen molar-refractivity contribution in [3.8, 4) is 0 Å². The molecule has 3 aliphatic rings. The Hall–Kier alpha value is -1.11. The van der Waals surface area contributed by atoms with Gasteiger partial charge in [0, 0.05) is 51.1 Å². The van der Waals surface area contributed by atoms with Crippen molar-refractivity contribution in [2.24, 2.45) is 5.92 Å². The van der Waals surface area contributed by atoms with Crippen LogP contribution < -0.4 is 0 Å². The highest BCUT2D eigenvalue weighted by molar-refractivity contribution is 8.01. The number of aromatic nitrogens is 1. The monoisotopic (exact) mass is 348 g/mol. The first-order valence-corrected chi connectivity index (χ1v) is 9.75. The first kappa shape index (κ1) is 16.4. The first-order chi connectivity index (χ1) is 11.7. The van der Waals surface area contributed by atoms with Crippen LogP contribution >= 0.6 is 11.8 Å². The van der Waals surface area contributed by atoms with Crippen molar-refractivity contribution in [3.05, 3.63) is 30.1 Å². The average Bonchev–Trinajstić information content (AvgIpc) is 3.04. The van der Waals surface area contributed by atoms with Gasteiger partial charge in [0.15, 0.2) is 0 Å². The lowest BCUT2D eigenvalue weighted by Crippen LogP contribution is -2.60.